The minimum absolute atomic E-state index is 0.273. The van der Waals surface area contributed by atoms with Crippen molar-refractivity contribution in [2.24, 2.45) is 11.8 Å². The van der Waals surface area contributed by atoms with Crippen molar-refractivity contribution in [3.63, 3.8) is 0 Å². The zero-order valence-corrected chi connectivity index (χ0v) is 12.5. The van der Waals surface area contributed by atoms with Crippen molar-refractivity contribution >= 4 is 17.7 Å². The van der Waals surface area contributed by atoms with E-state index in [0.717, 1.165) is 16.7 Å². The summed E-state index contributed by atoms with van der Waals surface area (Å²) in [6.45, 7) is 5.80. The van der Waals surface area contributed by atoms with Crippen LogP contribution in [0.5, 0.6) is 0 Å². The maximum atomic E-state index is 12.4. The van der Waals surface area contributed by atoms with Gasteiger partial charge in [-0.05, 0) is 45.2 Å². The predicted molar refractivity (Wildman–Crippen MR) is 79.8 cm³/mol. The van der Waals surface area contributed by atoms with Crippen molar-refractivity contribution in [3.05, 3.63) is 35.0 Å². The molecule has 1 aromatic rings. The first-order chi connectivity index (χ1) is 9.88. The Morgan fingerprint density at radius 1 is 1.14 bits per heavy atom. The third-order valence-corrected chi connectivity index (χ3v) is 4.08. The zero-order valence-electron chi connectivity index (χ0n) is 12.5. The lowest BCUT2D eigenvalue weighted by atomic mass is 9.76. The van der Waals surface area contributed by atoms with E-state index in [1.54, 1.807) is 12.3 Å². The van der Waals surface area contributed by atoms with Crippen LogP contribution in [0.15, 0.2) is 29.5 Å². The highest BCUT2D eigenvalue weighted by Crippen LogP contribution is 2.34. The molecule has 1 aromatic heterocycles. The van der Waals surface area contributed by atoms with Crippen LogP contribution in [0, 0.1) is 18.8 Å². The summed E-state index contributed by atoms with van der Waals surface area (Å²) in [5.74, 6) is -1.95. The summed E-state index contributed by atoms with van der Waals surface area (Å²) in [7, 11) is 0. The molecule has 5 nitrogen and oxygen atoms in total. The molecule has 2 rings (SSSR count). The normalized spacial score (nSPS) is 22.0. The van der Waals surface area contributed by atoms with E-state index >= 15 is 0 Å². The van der Waals surface area contributed by atoms with Crippen molar-refractivity contribution in [2.75, 3.05) is 5.32 Å². The topological polar surface area (TPSA) is 79.3 Å². The molecular formula is C16H20N2O3. The van der Waals surface area contributed by atoms with Gasteiger partial charge in [-0.2, -0.15) is 0 Å². The number of nitrogens with one attached hydrogen (secondary N) is 1. The number of hydrogen-bond donors (Lipinski definition) is 2. The highest BCUT2D eigenvalue weighted by atomic mass is 16.4. The Balaban J connectivity index is 2.16. The molecule has 0 saturated carbocycles. The van der Waals surface area contributed by atoms with E-state index in [4.69, 9.17) is 0 Å². The van der Waals surface area contributed by atoms with Crippen LogP contribution in [-0.2, 0) is 9.59 Å². The number of aromatic nitrogens is 1. The fraction of sp³-hybridized carbons (Fsp3) is 0.438. The monoisotopic (exact) mass is 288 g/mol. The highest BCUT2D eigenvalue weighted by Gasteiger charge is 2.37. The maximum absolute atomic E-state index is 12.4. The van der Waals surface area contributed by atoms with E-state index in [2.05, 4.69) is 10.3 Å². The molecule has 2 atom stereocenters. The highest BCUT2D eigenvalue weighted by molar-refractivity contribution is 5.94. The lowest BCUT2D eigenvalue weighted by Gasteiger charge is -2.29. The molecule has 5 heteroatoms. The summed E-state index contributed by atoms with van der Waals surface area (Å²) in [4.78, 5) is 27.9. The molecule has 1 heterocycles. The summed E-state index contributed by atoms with van der Waals surface area (Å²) < 4.78 is 0. The smallest absolute Gasteiger partial charge is 0.307 e. The molecule has 0 fully saturated rings. The van der Waals surface area contributed by atoms with Crippen molar-refractivity contribution in [1.29, 1.82) is 0 Å². The number of anilines is 1. The Bertz CT molecular complexity index is 590. The van der Waals surface area contributed by atoms with Gasteiger partial charge in [-0.1, -0.05) is 17.2 Å². The molecular weight excluding hydrogens is 268 g/mol. The Kier molecular flexibility index (Phi) is 4.40. The summed E-state index contributed by atoms with van der Waals surface area (Å²) in [6.07, 6.45) is 2.58. The Morgan fingerprint density at radius 2 is 1.76 bits per heavy atom. The van der Waals surface area contributed by atoms with Crippen LogP contribution >= 0.6 is 0 Å². The molecule has 1 amide bonds. The second-order valence-electron chi connectivity index (χ2n) is 5.73. The van der Waals surface area contributed by atoms with Crippen molar-refractivity contribution in [1.82, 2.24) is 4.98 Å². The van der Waals surface area contributed by atoms with Gasteiger partial charge in [0.2, 0.25) is 5.91 Å². The van der Waals surface area contributed by atoms with Crippen LogP contribution in [-0.4, -0.2) is 22.0 Å². The van der Waals surface area contributed by atoms with Gasteiger partial charge >= 0.3 is 5.97 Å². The molecule has 0 aromatic carbocycles. The Labute approximate surface area is 124 Å². The number of carbonyl (C=O) groups excluding carboxylic acids is 1. The van der Waals surface area contributed by atoms with Crippen LogP contribution in [0.2, 0.25) is 0 Å². The average Bonchev–Trinajstić information content (AvgIpc) is 2.43. The number of carboxylic acid groups (broad SMARTS) is 1. The summed E-state index contributed by atoms with van der Waals surface area (Å²) in [5.41, 5.74) is 3.17. The molecule has 0 saturated heterocycles. The fourth-order valence-corrected chi connectivity index (χ4v) is 2.59. The van der Waals surface area contributed by atoms with Crippen molar-refractivity contribution < 1.29 is 14.7 Å². The fourth-order valence-electron chi connectivity index (χ4n) is 2.59. The van der Waals surface area contributed by atoms with E-state index < -0.39 is 17.8 Å². The number of hydrogen-bond acceptors (Lipinski definition) is 3. The summed E-state index contributed by atoms with van der Waals surface area (Å²) in [6, 6.07) is 3.58. The SMILES string of the molecule is CC1=C(C)C[C@@H](C(=O)O)[C@@H](C(=O)Nc2ccc(C)cn2)C1. The van der Waals surface area contributed by atoms with Gasteiger partial charge in [0, 0.05) is 6.20 Å². The van der Waals surface area contributed by atoms with Crippen LogP contribution in [0.4, 0.5) is 5.82 Å². The molecule has 0 bridgehead atoms. The van der Waals surface area contributed by atoms with Gasteiger partial charge in [0.05, 0.1) is 11.8 Å². The number of aryl methyl sites for hydroxylation is 1. The van der Waals surface area contributed by atoms with Crippen LogP contribution in [0.25, 0.3) is 0 Å². The quantitative estimate of drug-likeness (QED) is 0.838. The molecule has 1 aliphatic rings. The number of aliphatic carboxylic acids is 1. The Hall–Kier alpha value is -2.17. The second kappa shape index (κ2) is 6.08. The minimum Gasteiger partial charge on any atom is -0.481 e. The van der Waals surface area contributed by atoms with Gasteiger partial charge < -0.3 is 10.4 Å². The van der Waals surface area contributed by atoms with Gasteiger partial charge in [-0.15, -0.1) is 0 Å². The maximum Gasteiger partial charge on any atom is 0.307 e. The largest absolute Gasteiger partial charge is 0.481 e. The van der Waals surface area contributed by atoms with E-state index in [1.807, 2.05) is 26.8 Å². The number of nitrogens with zero attached hydrogens (tertiary/aromatic N) is 1. The van der Waals surface area contributed by atoms with Gasteiger partial charge in [-0.25, -0.2) is 4.98 Å². The number of rotatable bonds is 3. The van der Waals surface area contributed by atoms with Crippen LogP contribution < -0.4 is 5.32 Å². The molecule has 0 radical (unpaired) electrons. The molecule has 0 spiro atoms. The third kappa shape index (κ3) is 3.48. The first kappa shape index (κ1) is 15.2. The number of carbonyl (C=O) groups is 2. The second-order valence-corrected chi connectivity index (χ2v) is 5.73. The van der Waals surface area contributed by atoms with Crippen LogP contribution in [0.3, 0.4) is 0 Å². The average molecular weight is 288 g/mol. The molecule has 1 aliphatic carbocycles. The lowest BCUT2D eigenvalue weighted by molar-refractivity contribution is -0.146. The van der Waals surface area contributed by atoms with Gasteiger partial charge in [0.25, 0.3) is 0 Å². The van der Waals surface area contributed by atoms with Crippen LogP contribution in [0.1, 0.15) is 32.3 Å². The number of pyridine rings is 1. The van der Waals surface area contributed by atoms with Gasteiger partial charge in [-0.3, -0.25) is 9.59 Å². The van der Waals surface area contributed by atoms with E-state index in [-0.39, 0.29) is 5.91 Å². The zero-order chi connectivity index (χ0) is 15.6. The van der Waals surface area contributed by atoms with Gasteiger partial charge in [0.15, 0.2) is 0 Å². The van der Waals surface area contributed by atoms with Crippen molar-refractivity contribution in [3.8, 4) is 0 Å². The number of carboxylic acids is 1. The number of amides is 1. The third-order valence-electron chi connectivity index (χ3n) is 4.08. The number of allylic oxidation sites excluding steroid dienone is 2. The summed E-state index contributed by atoms with van der Waals surface area (Å²) in [5, 5.41) is 12.1. The summed E-state index contributed by atoms with van der Waals surface area (Å²) >= 11 is 0. The molecule has 0 aliphatic heterocycles. The van der Waals surface area contributed by atoms with Crippen molar-refractivity contribution in [2.45, 2.75) is 33.6 Å². The standard InChI is InChI=1S/C16H20N2O3/c1-9-4-5-14(17-8-9)18-15(19)12-6-10(2)11(3)7-13(12)16(20)21/h4-5,8,12-13H,6-7H2,1-3H3,(H,20,21)(H,17,18,19)/t12-,13+/m0/s1. The van der Waals surface area contributed by atoms with E-state index in [9.17, 15) is 14.7 Å². The lowest BCUT2D eigenvalue weighted by Crippen LogP contribution is -2.36. The Morgan fingerprint density at radius 3 is 2.29 bits per heavy atom. The first-order valence-electron chi connectivity index (χ1n) is 7.00. The predicted octanol–water partition coefficient (Wildman–Crippen LogP) is 2.78. The molecule has 112 valence electrons. The minimum atomic E-state index is -0.918. The molecule has 2 N–H and O–H groups in total. The molecule has 0 unspecified atom stereocenters. The van der Waals surface area contributed by atoms with Gasteiger partial charge in [0.1, 0.15) is 5.82 Å². The van der Waals surface area contributed by atoms with E-state index in [1.165, 1.54) is 0 Å². The van der Waals surface area contributed by atoms with E-state index in [0.29, 0.717) is 18.7 Å². The first-order valence-corrected chi connectivity index (χ1v) is 7.00. The molecule has 21 heavy (non-hydrogen) atoms.